The zero-order valence-corrected chi connectivity index (χ0v) is 7.59. The van der Waals surface area contributed by atoms with Gasteiger partial charge in [-0.3, -0.25) is 0 Å². The smallest absolute Gasteiger partial charge is 0.0187 e. The number of nitrogens with one attached hydrogen (secondary N) is 1. The lowest BCUT2D eigenvalue weighted by Crippen LogP contribution is -2.43. The van der Waals surface area contributed by atoms with E-state index in [1.165, 1.54) is 0 Å². The van der Waals surface area contributed by atoms with E-state index in [1.807, 2.05) is 7.05 Å². The molecule has 0 spiro atoms. The molecule has 1 heteroatoms. The highest BCUT2D eigenvalue weighted by atomic mass is 14.9. The van der Waals surface area contributed by atoms with Gasteiger partial charge in [0.15, 0.2) is 0 Å². The standard InChI is InChI=1S/C10H17N/c1-10(2,11-3)9-7-5-4-6-8-9/h4-7,9,11H,8H2,1-3H3/t9-/m1/s1. The summed E-state index contributed by atoms with van der Waals surface area (Å²) < 4.78 is 0. The Morgan fingerprint density at radius 3 is 2.55 bits per heavy atom. The van der Waals surface area contributed by atoms with Crippen LogP contribution >= 0.6 is 0 Å². The van der Waals surface area contributed by atoms with Crippen molar-refractivity contribution >= 4 is 0 Å². The van der Waals surface area contributed by atoms with E-state index in [0.29, 0.717) is 5.92 Å². The summed E-state index contributed by atoms with van der Waals surface area (Å²) in [5.74, 6) is 0.637. The first kappa shape index (κ1) is 8.54. The highest BCUT2D eigenvalue weighted by Crippen LogP contribution is 2.23. The lowest BCUT2D eigenvalue weighted by molar-refractivity contribution is 0.319. The van der Waals surface area contributed by atoms with Gasteiger partial charge >= 0.3 is 0 Å². The Bertz CT molecular complexity index is 177. The molecule has 0 aromatic rings. The van der Waals surface area contributed by atoms with Crippen molar-refractivity contribution in [2.75, 3.05) is 7.05 Å². The van der Waals surface area contributed by atoms with E-state index in [-0.39, 0.29) is 5.54 Å². The predicted molar refractivity (Wildman–Crippen MR) is 49.5 cm³/mol. The first-order valence-corrected chi connectivity index (χ1v) is 4.19. The summed E-state index contributed by atoms with van der Waals surface area (Å²) in [6.07, 6.45) is 9.90. The van der Waals surface area contributed by atoms with Gasteiger partial charge in [-0.25, -0.2) is 0 Å². The van der Waals surface area contributed by atoms with Crippen LogP contribution in [0.15, 0.2) is 24.3 Å². The summed E-state index contributed by atoms with van der Waals surface area (Å²) in [5, 5.41) is 3.33. The Kier molecular flexibility index (Phi) is 2.50. The van der Waals surface area contributed by atoms with Crippen LogP contribution in [0.25, 0.3) is 0 Å². The molecule has 0 aromatic carbocycles. The van der Waals surface area contributed by atoms with Crippen LogP contribution in [0.4, 0.5) is 0 Å². The number of hydrogen-bond donors (Lipinski definition) is 1. The summed E-state index contributed by atoms with van der Waals surface area (Å²) in [5.41, 5.74) is 0.223. The Morgan fingerprint density at radius 2 is 2.09 bits per heavy atom. The zero-order valence-electron chi connectivity index (χ0n) is 7.59. The lowest BCUT2D eigenvalue weighted by Gasteiger charge is -2.32. The van der Waals surface area contributed by atoms with Gasteiger partial charge in [-0.15, -0.1) is 0 Å². The summed E-state index contributed by atoms with van der Waals surface area (Å²) >= 11 is 0. The molecule has 1 nitrogen and oxygen atoms in total. The average Bonchev–Trinajstić information content (AvgIpc) is 2.06. The van der Waals surface area contributed by atoms with Crippen molar-refractivity contribution in [3.05, 3.63) is 24.3 Å². The van der Waals surface area contributed by atoms with E-state index in [9.17, 15) is 0 Å². The minimum absolute atomic E-state index is 0.223. The molecule has 1 atom stereocenters. The molecular formula is C10H17N. The molecule has 0 aliphatic heterocycles. The molecule has 1 rings (SSSR count). The molecule has 0 radical (unpaired) electrons. The number of rotatable bonds is 2. The number of hydrogen-bond acceptors (Lipinski definition) is 1. The molecule has 1 aliphatic carbocycles. The second-order valence-corrected chi connectivity index (χ2v) is 3.63. The van der Waals surface area contributed by atoms with Crippen molar-refractivity contribution in [3.63, 3.8) is 0 Å². The maximum absolute atomic E-state index is 3.33. The van der Waals surface area contributed by atoms with Crippen LogP contribution in [-0.4, -0.2) is 12.6 Å². The Hall–Kier alpha value is -0.560. The fourth-order valence-corrected chi connectivity index (χ4v) is 1.30. The fraction of sp³-hybridized carbons (Fsp3) is 0.600. The first-order chi connectivity index (χ1) is 5.17. The van der Waals surface area contributed by atoms with Crippen LogP contribution < -0.4 is 5.32 Å². The van der Waals surface area contributed by atoms with E-state index in [1.54, 1.807) is 0 Å². The monoisotopic (exact) mass is 151 g/mol. The second kappa shape index (κ2) is 3.22. The van der Waals surface area contributed by atoms with Gasteiger partial charge in [0.2, 0.25) is 0 Å². The highest BCUT2D eigenvalue weighted by molar-refractivity contribution is 5.14. The minimum atomic E-state index is 0.223. The third kappa shape index (κ3) is 1.93. The van der Waals surface area contributed by atoms with Crippen LogP contribution in [0.1, 0.15) is 20.3 Å². The molecule has 0 saturated heterocycles. The topological polar surface area (TPSA) is 12.0 Å². The number of allylic oxidation sites excluding steroid dienone is 3. The maximum Gasteiger partial charge on any atom is 0.0187 e. The molecule has 0 aromatic heterocycles. The van der Waals surface area contributed by atoms with Gasteiger partial charge < -0.3 is 5.32 Å². The summed E-state index contributed by atoms with van der Waals surface area (Å²) in [6, 6.07) is 0. The van der Waals surface area contributed by atoms with Gasteiger partial charge in [-0.2, -0.15) is 0 Å². The van der Waals surface area contributed by atoms with E-state index in [4.69, 9.17) is 0 Å². The van der Waals surface area contributed by atoms with Gasteiger partial charge in [-0.05, 0) is 33.2 Å². The first-order valence-electron chi connectivity index (χ1n) is 4.19. The molecule has 0 amide bonds. The molecule has 0 unspecified atom stereocenters. The molecule has 1 aliphatic rings. The second-order valence-electron chi connectivity index (χ2n) is 3.63. The van der Waals surface area contributed by atoms with Crippen molar-refractivity contribution in [1.29, 1.82) is 0 Å². The van der Waals surface area contributed by atoms with Crippen LogP contribution in [0.5, 0.6) is 0 Å². The van der Waals surface area contributed by atoms with Gasteiger partial charge in [0.05, 0.1) is 0 Å². The van der Waals surface area contributed by atoms with Gasteiger partial charge in [0.25, 0.3) is 0 Å². The molecule has 0 bridgehead atoms. The largest absolute Gasteiger partial charge is 0.314 e. The normalized spacial score (nSPS) is 24.1. The van der Waals surface area contributed by atoms with E-state index in [0.717, 1.165) is 6.42 Å². The van der Waals surface area contributed by atoms with Gasteiger partial charge in [0, 0.05) is 5.54 Å². The zero-order chi connectivity index (χ0) is 8.32. The van der Waals surface area contributed by atoms with Gasteiger partial charge in [-0.1, -0.05) is 24.3 Å². The van der Waals surface area contributed by atoms with Crippen molar-refractivity contribution in [2.24, 2.45) is 5.92 Å². The molecule has 0 heterocycles. The Morgan fingerprint density at radius 1 is 1.36 bits per heavy atom. The fourth-order valence-electron chi connectivity index (χ4n) is 1.30. The lowest BCUT2D eigenvalue weighted by atomic mass is 9.83. The molecule has 0 saturated carbocycles. The van der Waals surface area contributed by atoms with Crippen LogP contribution in [0, 0.1) is 5.92 Å². The van der Waals surface area contributed by atoms with E-state index >= 15 is 0 Å². The van der Waals surface area contributed by atoms with Crippen LogP contribution in [0.2, 0.25) is 0 Å². The molecular weight excluding hydrogens is 134 g/mol. The van der Waals surface area contributed by atoms with Crippen LogP contribution in [0.3, 0.4) is 0 Å². The van der Waals surface area contributed by atoms with Crippen LogP contribution in [-0.2, 0) is 0 Å². The molecule has 62 valence electrons. The molecule has 0 fully saturated rings. The highest BCUT2D eigenvalue weighted by Gasteiger charge is 2.24. The Balaban J connectivity index is 2.61. The van der Waals surface area contributed by atoms with Gasteiger partial charge in [0.1, 0.15) is 0 Å². The van der Waals surface area contributed by atoms with Crippen molar-refractivity contribution in [1.82, 2.24) is 5.32 Å². The van der Waals surface area contributed by atoms with Crippen molar-refractivity contribution < 1.29 is 0 Å². The molecule has 11 heavy (non-hydrogen) atoms. The SMILES string of the molecule is CNC(C)(C)[C@@H]1C=CC=CC1. The third-order valence-corrected chi connectivity index (χ3v) is 2.55. The van der Waals surface area contributed by atoms with E-state index < -0.39 is 0 Å². The third-order valence-electron chi connectivity index (χ3n) is 2.55. The summed E-state index contributed by atoms with van der Waals surface area (Å²) in [4.78, 5) is 0. The summed E-state index contributed by atoms with van der Waals surface area (Å²) in [7, 11) is 2.02. The van der Waals surface area contributed by atoms with Crippen molar-refractivity contribution in [3.8, 4) is 0 Å². The molecule has 1 N–H and O–H groups in total. The van der Waals surface area contributed by atoms with Crippen molar-refractivity contribution in [2.45, 2.75) is 25.8 Å². The maximum atomic E-state index is 3.33. The predicted octanol–water partition coefficient (Wildman–Crippen LogP) is 2.12. The Labute approximate surface area is 69.2 Å². The average molecular weight is 151 g/mol. The quantitative estimate of drug-likeness (QED) is 0.637. The van der Waals surface area contributed by atoms with E-state index in [2.05, 4.69) is 43.5 Å². The summed E-state index contributed by atoms with van der Waals surface area (Å²) in [6.45, 7) is 4.47. The minimum Gasteiger partial charge on any atom is -0.314 e.